The Bertz CT molecular complexity index is 830. The zero-order valence-electron chi connectivity index (χ0n) is 14.8. The van der Waals surface area contributed by atoms with E-state index in [1.54, 1.807) is 23.0 Å². The maximum absolute atomic E-state index is 12.7. The van der Waals surface area contributed by atoms with Gasteiger partial charge < -0.3 is 9.47 Å². The van der Waals surface area contributed by atoms with Crippen molar-refractivity contribution in [3.8, 4) is 11.4 Å². The molecular formula is C21H22N2O3. The lowest BCUT2D eigenvalue weighted by Gasteiger charge is -2.13. The number of hydrogen-bond donors (Lipinski definition) is 0. The van der Waals surface area contributed by atoms with Crippen molar-refractivity contribution in [2.75, 3.05) is 6.61 Å². The van der Waals surface area contributed by atoms with Gasteiger partial charge in [-0.1, -0.05) is 43.7 Å². The monoisotopic (exact) mass is 350 g/mol. The van der Waals surface area contributed by atoms with Gasteiger partial charge in [0.2, 0.25) is 0 Å². The molecular weight excluding hydrogens is 328 g/mol. The lowest BCUT2D eigenvalue weighted by Crippen LogP contribution is -2.10. The van der Waals surface area contributed by atoms with Crippen LogP contribution in [0.2, 0.25) is 0 Å². The fourth-order valence-corrected chi connectivity index (χ4v) is 2.49. The average molecular weight is 350 g/mol. The Hall–Kier alpha value is -3.08. The Balaban J connectivity index is 1.80. The normalized spacial score (nSPS) is 10.5. The Morgan fingerprint density at radius 1 is 1.12 bits per heavy atom. The van der Waals surface area contributed by atoms with Crippen LogP contribution in [0.1, 0.15) is 35.7 Å². The number of hydrogen-bond acceptors (Lipinski definition) is 4. The fourth-order valence-electron chi connectivity index (χ4n) is 2.49. The van der Waals surface area contributed by atoms with Crippen molar-refractivity contribution in [2.24, 2.45) is 0 Å². The molecule has 3 rings (SSSR count). The summed E-state index contributed by atoms with van der Waals surface area (Å²) in [7, 11) is 0. The highest BCUT2D eigenvalue weighted by atomic mass is 16.5. The topological polar surface area (TPSA) is 53.4 Å². The van der Waals surface area contributed by atoms with Crippen molar-refractivity contribution in [1.29, 1.82) is 0 Å². The summed E-state index contributed by atoms with van der Waals surface area (Å²) < 4.78 is 13.0. The van der Waals surface area contributed by atoms with Crippen molar-refractivity contribution in [2.45, 2.75) is 26.4 Å². The molecule has 2 aromatic carbocycles. The molecule has 1 heterocycles. The molecule has 0 fully saturated rings. The number of carbonyl (C=O) groups excluding carboxylic acids is 1. The van der Waals surface area contributed by atoms with Crippen LogP contribution in [0.3, 0.4) is 0 Å². The molecule has 0 saturated heterocycles. The maximum Gasteiger partial charge on any atom is 0.342 e. The minimum absolute atomic E-state index is 0.222. The van der Waals surface area contributed by atoms with Gasteiger partial charge in [-0.2, -0.15) is 5.10 Å². The van der Waals surface area contributed by atoms with Crippen LogP contribution in [-0.4, -0.2) is 22.4 Å². The molecule has 0 N–H and O–H groups in total. The molecule has 5 nitrogen and oxygen atoms in total. The van der Waals surface area contributed by atoms with E-state index in [2.05, 4.69) is 12.0 Å². The number of ether oxygens (including phenoxy) is 2. The second kappa shape index (κ2) is 8.85. The highest BCUT2D eigenvalue weighted by molar-refractivity contribution is 5.93. The highest BCUT2D eigenvalue weighted by Crippen LogP contribution is 2.24. The Morgan fingerprint density at radius 3 is 2.69 bits per heavy atom. The second-order valence-corrected chi connectivity index (χ2v) is 5.89. The maximum atomic E-state index is 12.7. The third-order valence-corrected chi connectivity index (χ3v) is 3.92. The van der Waals surface area contributed by atoms with E-state index in [-0.39, 0.29) is 6.61 Å². The van der Waals surface area contributed by atoms with Gasteiger partial charge in [0.15, 0.2) is 0 Å². The summed E-state index contributed by atoms with van der Waals surface area (Å²) in [4.78, 5) is 12.7. The van der Waals surface area contributed by atoms with Gasteiger partial charge in [0, 0.05) is 12.4 Å². The van der Waals surface area contributed by atoms with Crippen LogP contribution in [-0.2, 0) is 11.3 Å². The molecule has 5 heteroatoms. The summed E-state index contributed by atoms with van der Waals surface area (Å²) >= 11 is 0. The minimum Gasteiger partial charge on any atom is -0.493 e. The van der Waals surface area contributed by atoms with E-state index in [0.717, 1.165) is 24.1 Å². The largest absolute Gasteiger partial charge is 0.493 e. The average Bonchev–Trinajstić information content (AvgIpc) is 3.22. The summed E-state index contributed by atoms with van der Waals surface area (Å²) in [6.45, 7) is 2.88. The zero-order valence-corrected chi connectivity index (χ0v) is 14.8. The van der Waals surface area contributed by atoms with Gasteiger partial charge in [0.25, 0.3) is 0 Å². The highest BCUT2D eigenvalue weighted by Gasteiger charge is 2.16. The van der Waals surface area contributed by atoms with E-state index >= 15 is 0 Å². The van der Waals surface area contributed by atoms with Gasteiger partial charge in [0.1, 0.15) is 17.9 Å². The summed E-state index contributed by atoms with van der Waals surface area (Å²) in [5, 5.41) is 4.21. The quantitative estimate of drug-likeness (QED) is 0.446. The molecule has 0 spiro atoms. The van der Waals surface area contributed by atoms with Crippen LogP contribution in [0.5, 0.6) is 5.75 Å². The van der Waals surface area contributed by atoms with E-state index < -0.39 is 5.97 Å². The molecule has 0 aliphatic rings. The van der Waals surface area contributed by atoms with Crippen molar-refractivity contribution in [3.05, 3.63) is 78.1 Å². The van der Waals surface area contributed by atoms with E-state index in [1.165, 1.54) is 0 Å². The Kier molecular flexibility index (Phi) is 6.04. The molecule has 3 aromatic rings. The standard InChI is InChI=1S/C21H22N2O3/c1-2-3-14-25-20-11-10-18(23-13-7-12-22-23)15-19(20)21(24)26-16-17-8-5-4-6-9-17/h4-13,15H,2-3,14,16H2,1H3. The van der Waals surface area contributed by atoms with E-state index in [9.17, 15) is 4.79 Å². The number of unbranched alkanes of at least 4 members (excludes halogenated alkanes) is 1. The predicted octanol–water partition coefficient (Wildman–Crippen LogP) is 4.41. The summed E-state index contributed by atoms with van der Waals surface area (Å²) in [5.41, 5.74) is 2.13. The number of carbonyl (C=O) groups is 1. The molecule has 0 saturated carbocycles. The van der Waals surface area contributed by atoms with Crippen LogP contribution in [0.15, 0.2) is 67.0 Å². The molecule has 1 aromatic heterocycles. The number of benzene rings is 2. The van der Waals surface area contributed by atoms with Crippen LogP contribution in [0, 0.1) is 0 Å². The molecule has 26 heavy (non-hydrogen) atoms. The zero-order chi connectivity index (χ0) is 18.2. The van der Waals surface area contributed by atoms with Crippen LogP contribution in [0.4, 0.5) is 0 Å². The van der Waals surface area contributed by atoms with Gasteiger partial charge in [0.05, 0.1) is 12.3 Å². The number of rotatable bonds is 8. The molecule has 0 bridgehead atoms. The van der Waals surface area contributed by atoms with Crippen molar-refractivity contribution in [1.82, 2.24) is 9.78 Å². The molecule has 134 valence electrons. The fraction of sp³-hybridized carbons (Fsp3) is 0.238. The number of aromatic nitrogens is 2. The molecule has 0 amide bonds. The number of nitrogens with zero attached hydrogens (tertiary/aromatic N) is 2. The van der Waals surface area contributed by atoms with E-state index in [1.807, 2.05) is 48.7 Å². The molecule has 0 unspecified atom stereocenters. The Labute approximate surface area is 153 Å². The Morgan fingerprint density at radius 2 is 1.96 bits per heavy atom. The lowest BCUT2D eigenvalue weighted by molar-refractivity contribution is 0.0468. The molecule has 0 aliphatic heterocycles. The van der Waals surface area contributed by atoms with Crippen molar-refractivity contribution < 1.29 is 14.3 Å². The van der Waals surface area contributed by atoms with E-state index in [0.29, 0.717) is 17.9 Å². The first kappa shape index (κ1) is 17.7. The van der Waals surface area contributed by atoms with Gasteiger partial charge in [-0.05, 0) is 36.2 Å². The minimum atomic E-state index is -0.408. The van der Waals surface area contributed by atoms with Crippen molar-refractivity contribution >= 4 is 5.97 Å². The first-order chi connectivity index (χ1) is 12.8. The summed E-state index contributed by atoms with van der Waals surface area (Å²) in [5.74, 6) is 0.127. The number of esters is 1. The van der Waals surface area contributed by atoms with E-state index in [4.69, 9.17) is 9.47 Å². The third kappa shape index (κ3) is 4.51. The lowest BCUT2D eigenvalue weighted by atomic mass is 10.1. The van der Waals surface area contributed by atoms with Crippen LogP contribution < -0.4 is 4.74 Å². The first-order valence-electron chi connectivity index (χ1n) is 8.76. The van der Waals surface area contributed by atoms with Gasteiger partial charge in [-0.3, -0.25) is 0 Å². The third-order valence-electron chi connectivity index (χ3n) is 3.92. The summed E-state index contributed by atoms with van der Waals surface area (Å²) in [6, 6.07) is 16.9. The second-order valence-electron chi connectivity index (χ2n) is 5.89. The molecule has 0 aliphatic carbocycles. The van der Waals surface area contributed by atoms with Crippen molar-refractivity contribution in [3.63, 3.8) is 0 Å². The predicted molar refractivity (Wildman–Crippen MR) is 99.5 cm³/mol. The van der Waals surface area contributed by atoms with Crippen LogP contribution in [0.25, 0.3) is 5.69 Å². The van der Waals surface area contributed by atoms with Gasteiger partial charge in [-0.15, -0.1) is 0 Å². The summed E-state index contributed by atoms with van der Waals surface area (Å²) in [6.07, 6.45) is 5.48. The SMILES string of the molecule is CCCCOc1ccc(-n2cccn2)cc1C(=O)OCc1ccccc1. The van der Waals surface area contributed by atoms with Gasteiger partial charge >= 0.3 is 5.97 Å². The van der Waals surface area contributed by atoms with Gasteiger partial charge in [-0.25, -0.2) is 9.48 Å². The van der Waals surface area contributed by atoms with Crippen LogP contribution >= 0.6 is 0 Å². The molecule has 0 radical (unpaired) electrons. The smallest absolute Gasteiger partial charge is 0.342 e. The first-order valence-corrected chi connectivity index (χ1v) is 8.76. The molecule has 0 atom stereocenters.